The van der Waals surface area contributed by atoms with Crippen LogP contribution in [0.4, 0.5) is 0 Å². The maximum absolute atomic E-state index is 12.9. The monoisotopic (exact) mass is 355 g/mol. The summed E-state index contributed by atoms with van der Waals surface area (Å²) in [7, 11) is 0. The van der Waals surface area contributed by atoms with E-state index in [2.05, 4.69) is 35.3 Å². The van der Waals surface area contributed by atoms with Gasteiger partial charge >= 0.3 is 0 Å². The van der Waals surface area contributed by atoms with E-state index in [0.29, 0.717) is 11.7 Å². The third kappa shape index (κ3) is 3.52. The number of carbonyl (C=O) groups excluding carboxylic acids is 1. The molecule has 0 spiro atoms. The molecule has 3 rings (SSSR count). The smallest absolute Gasteiger partial charge is 0.175 e. The largest absolute Gasteiger partial charge is 0.358 e. The molecule has 0 unspecified atom stereocenters. The molecule has 132 valence electrons. The summed E-state index contributed by atoms with van der Waals surface area (Å²) in [6.45, 7) is 11.4. The lowest BCUT2D eigenvalue weighted by Gasteiger charge is -2.12. The molecule has 0 radical (unpaired) electrons. The molecule has 0 saturated carbocycles. The quantitative estimate of drug-likeness (QED) is 0.504. The second-order valence-corrected chi connectivity index (χ2v) is 7.89. The average Bonchev–Trinajstić information content (AvgIpc) is 3.03. The molecule has 5 heteroatoms. The van der Waals surface area contributed by atoms with E-state index in [4.69, 9.17) is 0 Å². The Balaban J connectivity index is 1.83. The van der Waals surface area contributed by atoms with E-state index in [-0.39, 0.29) is 5.78 Å². The van der Waals surface area contributed by atoms with Gasteiger partial charge in [0.05, 0.1) is 11.4 Å². The van der Waals surface area contributed by atoms with Crippen molar-refractivity contribution in [3.8, 4) is 0 Å². The molecule has 3 aromatic rings. The predicted molar refractivity (Wildman–Crippen MR) is 105 cm³/mol. The van der Waals surface area contributed by atoms with E-state index < -0.39 is 0 Å². The summed E-state index contributed by atoms with van der Waals surface area (Å²) >= 11 is 1.54. The Hall–Kier alpha value is -2.01. The number of ketones is 1. The summed E-state index contributed by atoms with van der Waals surface area (Å²) in [5, 5.41) is 1.94. The number of imidazole rings is 1. The molecular weight excluding hydrogens is 330 g/mol. The van der Waals surface area contributed by atoms with E-state index in [0.717, 1.165) is 39.6 Å². The van der Waals surface area contributed by atoms with E-state index in [1.807, 2.05) is 38.1 Å². The van der Waals surface area contributed by atoms with Crippen molar-refractivity contribution < 1.29 is 4.79 Å². The predicted octanol–water partition coefficient (Wildman–Crippen LogP) is 4.92. The van der Waals surface area contributed by atoms with Gasteiger partial charge in [0.25, 0.3) is 0 Å². The van der Waals surface area contributed by atoms with E-state index in [1.54, 1.807) is 0 Å². The van der Waals surface area contributed by atoms with Crippen molar-refractivity contribution in [1.29, 1.82) is 0 Å². The summed E-state index contributed by atoms with van der Waals surface area (Å²) in [6.07, 6.45) is 0. The molecule has 0 aliphatic carbocycles. The van der Waals surface area contributed by atoms with Gasteiger partial charge < -0.3 is 9.55 Å². The van der Waals surface area contributed by atoms with Crippen LogP contribution in [-0.4, -0.2) is 26.1 Å². The van der Waals surface area contributed by atoms with Gasteiger partial charge in [-0.3, -0.25) is 4.79 Å². The van der Waals surface area contributed by atoms with Crippen molar-refractivity contribution in [2.45, 2.75) is 46.3 Å². The summed E-state index contributed by atoms with van der Waals surface area (Å²) < 4.78 is 2.24. The second kappa shape index (κ2) is 7.08. The second-order valence-electron chi connectivity index (χ2n) is 6.95. The number of nitrogens with zero attached hydrogens (tertiary/aromatic N) is 2. The Labute approximate surface area is 153 Å². The number of benzene rings is 1. The number of nitrogens with one attached hydrogen (secondary N) is 1. The molecule has 2 aromatic heterocycles. The van der Waals surface area contributed by atoms with Crippen LogP contribution >= 0.6 is 11.8 Å². The fourth-order valence-electron chi connectivity index (χ4n) is 3.15. The first-order valence-electron chi connectivity index (χ1n) is 8.65. The van der Waals surface area contributed by atoms with E-state index >= 15 is 0 Å². The van der Waals surface area contributed by atoms with Crippen molar-refractivity contribution in [3.05, 3.63) is 46.9 Å². The summed E-state index contributed by atoms with van der Waals surface area (Å²) in [6, 6.07) is 7.97. The van der Waals surface area contributed by atoms with Gasteiger partial charge in [-0.05, 0) is 32.8 Å². The van der Waals surface area contributed by atoms with Gasteiger partial charge in [-0.2, -0.15) is 0 Å². The van der Waals surface area contributed by atoms with Crippen molar-refractivity contribution in [1.82, 2.24) is 14.5 Å². The average molecular weight is 356 g/mol. The molecule has 0 bridgehead atoms. The summed E-state index contributed by atoms with van der Waals surface area (Å²) in [5.41, 5.74) is 4.98. The molecule has 25 heavy (non-hydrogen) atoms. The fraction of sp³-hybridized carbons (Fsp3) is 0.400. The number of Topliss-reactive ketones (excluding diaryl/α,β-unsaturated/α-hetero) is 1. The van der Waals surface area contributed by atoms with Crippen LogP contribution in [0.5, 0.6) is 0 Å². The minimum absolute atomic E-state index is 0.148. The third-order valence-corrected chi connectivity index (χ3v) is 5.45. The number of aromatic amines is 1. The normalized spacial score (nSPS) is 11.6. The standard InChI is InChI=1S/C20H25N3OS/c1-12(2)10-23-15(5)13(3)22-20(23)25-11-18(24)19-14(4)21-17-9-7-6-8-16(17)19/h6-9,12,21H,10-11H2,1-5H3. The SMILES string of the molecule is Cc1nc(SCC(=O)c2c(C)[nH]c3ccccc23)n(CC(C)C)c1C. The van der Waals surface area contributed by atoms with Gasteiger partial charge in [-0.1, -0.05) is 43.8 Å². The zero-order valence-electron chi connectivity index (χ0n) is 15.5. The molecule has 0 amide bonds. The highest BCUT2D eigenvalue weighted by atomic mass is 32.2. The number of hydrogen-bond donors (Lipinski definition) is 1. The third-order valence-electron chi connectivity index (χ3n) is 4.48. The van der Waals surface area contributed by atoms with Crippen LogP contribution < -0.4 is 0 Å². The van der Waals surface area contributed by atoms with Crippen LogP contribution in [0.25, 0.3) is 10.9 Å². The zero-order chi connectivity index (χ0) is 18.1. The Morgan fingerprint density at radius 3 is 2.68 bits per heavy atom. The fourth-order valence-corrected chi connectivity index (χ4v) is 4.13. The maximum Gasteiger partial charge on any atom is 0.175 e. The number of fused-ring (bicyclic) bond motifs is 1. The first-order valence-corrected chi connectivity index (χ1v) is 9.64. The Morgan fingerprint density at radius 2 is 1.96 bits per heavy atom. The molecular formula is C20H25N3OS. The van der Waals surface area contributed by atoms with Crippen LogP contribution in [0, 0.1) is 26.7 Å². The topological polar surface area (TPSA) is 50.7 Å². The van der Waals surface area contributed by atoms with Crippen LogP contribution in [0.15, 0.2) is 29.4 Å². The number of thioether (sulfide) groups is 1. The summed E-state index contributed by atoms with van der Waals surface area (Å²) in [4.78, 5) is 20.8. The molecule has 0 fully saturated rings. The summed E-state index contributed by atoms with van der Waals surface area (Å²) in [5.74, 6) is 1.09. The highest BCUT2D eigenvalue weighted by Crippen LogP contribution is 2.27. The number of para-hydroxylation sites is 1. The molecule has 0 atom stereocenters. The molecule has 2 heterocycles. The van der Waals surface area contributed by atoms with Gasteiger partial charge in [0.1, 0.15) is 0 Å². The van der Waals surface area contributed by atoms with Crippen molar-refractivity contribution in [2.75, 3.05) is 5.75 Å². The molecule has 0 saturated heterocycles. The van der Waals surface area contributed by atoms with Gasteiger partial charge in [0.2, 0.25) is 0 Å². The molecule has 0 aliphatic rings. The maximum atomic E-state index is 12.9. The Bertz CT molecular complexity index is 921. The minimum atomic E-state index is 0.148. The van der Waals surface area contributed by atoms with E-state index in [1.165, 1.54) is 17.5 Å². The lowest BCUT2D eigenvalue weighted by atomic mass is 10.1. The Kier molecular flexibility index (Phi) is 5.04. The molecule has 4 nitrogen and oxygen atoms in total. The zero-order valence-corrected chi connectivity index (χ0v) is 16.3. The van der Waals surface area contributed by atoms with Crippen LogP contribution in [0.3, 0.4) is 0 Å². The van der Waals surface area contributed by atoms with Crippen molar-refractivity contribution >= 4 is 28.4 Å². The minimum Gasteiger partial charge on any atom is -0.358 e. The number of H-pyrrole nitrogens is 1. The van der Waals surface area contributed by atoms with Gasteiger partial charge in [0.15, 0.2) is 10.9 Å². The number of rotatable bonds is 6. The number of aromatic nitrogens is 3. The first kappa shape index (κ1) is 17.8. The van der Waals surface area contributed by atoms with Gasteiger partial charge in [0, 0.05) is 34.4 Å². The molecule has 1 N–H and O–H groups in total. The molecule has 1 aromatic carbocycles. The van der Waals surface area contributed by atoms with Gasteiger partial charge in [-0.25, -0.2) is 4.98 Å². The number of aryl methyl sites for hydroxylation is 2. The number of carbonyl (C=O) groups is 1. The first-order chi connectivity index (χ1) is 11.9. The van der Waals surface area contributed by atoms with Gasteiger partial charge in [-0.15, -0.1) is 0 Å². The molecule has 0 aliphatic heterocycles. The van der Waals surface area contributed by atoms with Crippen molar-refractivity contribution in [3.63, 3.8) is 0 Å². The lowest BCUT2D eigenvalue weighted by Crippen LogP contribution is -2.09. The van der Waals surface area contributed by atoms with Crippen LogP contribution in [0.2, 0.25) is 0 Å². The van der Waals surface area contributed by atoms with Crippen molar-refractivity contribution in [2.24, 2.45) is 5.92 Å². The lowest BCUT2D eigenvalue weighted by molar-refractivity contribution is 0.102. The highest BCUT2D eigenvalue weighted by molar-refractivity contribution is 7.99. The van der Waals surface area contributed by atoms with E-state index in [9.17, 15) is 4.79 Å². The number of hydrogen-bond acceptors (Lipinski definition) is 3. The van der Waals surface area contributed by atoms with Crippen LogP contribution in [-0.2, 0) is 6.54 Å². The highest BCUT2D eigenvalue weighted by Gasteiger charge is 2.18. The Morgan fingerprint density at radius 1 is 1.24 bits per heavy atom. The van der Waals surface area contributed by atoms with Crippen LogP contribution in [0.1, 0.15) is 41.3 Å².